The van der Waals surface area contributed by atoms with Crippen LogP contribution in [0.2, 0.25) is 0 Å². The van der Waals surface area contributed by atoms with E-state index in [1.54, 1.807) is 23.1 Å². The zero-order chi connectivity index (χ0) is 17.4. The van der Waals surface area contributed by atoms with Crippen molar-refractivity contribution in [3.8, 4) is 0 Å². The molecule has 1 saturated heterocycles. The van der Waals surface area contributed by atoms with Crippen LogP contribution in [-0.4, -0.2) is 36.5 Å². The van der Waals surface area contributed by atoms with Gasteiger partial charge < -0.3 is 15.4 Å². The molecule has 25 heavy (non-hydrogen) atoms. The molecule has 130 valence electrons. The molecule has 1 fully saturated rings. The van der Waals surface area contributed by atoms with Gasteiger partial charge >= 0.3 is 0 Å². The van der Waals surface area contributed by atoms with E-state index in [1.807, 2.05) is 24.3 Å². The second kappa shape index (κ2) is 6.58. The van der Waals surface area contributed by atoms with E-state index in [0.29, 0.717) is 25.3 Å². The van der Waals surface area contributed by atoms with Gasteiger partial charge in [-0.1, -0.05) is 42.5 Å². The van der Waals surface area contributed by atoms with Crippen LogP contribution in [0.5, 0.6) is 0 Å². The number of amides is 1. The quantitative estimate of drug-likeness (QED) is 0.913. The van der Waals surface area contributed by atoms with Crippen molar-refractivity contribution in [2.24, 2.45) is 5.73 Å². The number of nitrogens with two attached hydrogens (primary N) is 1. The molecule has 2 aromatic carbocycles. The van der Waals surface area contributed by atoms with Crippen molar-refractivity contribution in [2.75, 3.05) is 19.7 Å². The monoisotopic (exact) mass is 340 g/mol. The highest BCUT2D eigenvalue weighted by Gasteiger charge is 2.39. The lowest BCUT2D eigenvalue weighted by molar-refractivity contribution is -0.144. The van der Waals surface area contributed by atoms with Gasteiger partial charge in [0.25, 0.3) is 5.91 Å². The molecule has 1 amide bonds. The molecule has 0 aromatic heterocycles. The molecule has 2 heterocycles. The molecule has 4 nitrogen and oxygen atoms in total. The maximum atomic E-state index is 14.1. The maximum absolute atomic E-state index is 14.1. The number of ether oxygens (including phenoxy) is 1. The molecule has 0 aliphatic carbocycles. The van der Waals surface area contributed by atoms with Crippen LogP contribution in [0.25, 0.3) is 0 Å². The topological polar surface area (TPSA) is 55.6 Å². The summed E-state index contributed by atoms with van der Waals surface area (Å²) in [7, 11) is 0. The Hall–Kier alpha value is -2.24. The smallest absolute Gasteiger partial charge is 0.256 e. The van der Waals surface area contributed by atoms with E-state index < -0.39 is 6.10 Å². The molecule has 0 spiro atoms. The lowest BCUT2D eigenvalue weighted by atomic mass is 9.94. The number of fused-ring (bicyclic) bond motifs is 1. The summed E-state index contributed by atoms with van der Waals surface area (Å²) in [6, 6.07) is 14.3. The van der Waals surface area contributed by atoms with Gasteiger partial charge in [0.2, 0.25) is 0 Å². The van der Waals surface area contributed by atoms with E-state index in [0.717, 1.165) is 17.5 Å². The summed E-state index contributed by atoms with van der Waals surface area (Å²) in [6.45, 7) is 1.37. The van der Waals surface area contributed by atoms with E-state index in [2.05, 4.69) is 0 Å². The van der Waals surface area contributed by atoms with Crippen LogP contribution in [0.15, 0.2) is 48.5 Å². The maximum Gasteiger partial charge on any atom is 0.256 e. The van der Waals surface area contributed by atoms with E-state index in [4.69, 9.17) is 10.5 Å². The number of benzene rings is 2. The van der Waals surface area contributed by atoms with Gasteiger partial charge in [0, 0.05) is 25.0 Å². The number of likely N-dealkylation sites (tertiary alicyclic amines) is 1. The molecule has 3 atom stereocenters. The summed E-state index contributed by atoms with van der Waals surface area (Å²) in [4.78, 5) is 14.7. The lowest BCUT2D eigenvalue weighted by Crippen LogP contribution is -2.38. The van der Waals surface area contributed by atoms with Crippen LogP contribution < -0.4 is 5.73 Å². The third-order valence-electron chi connectivity index (χ3n) is 5.20. The van der Waals surface area contributed by atoms with Crippen LogP contribution in [-0.2, 0) is 16.0 Å². The Morgan fingerprint density at radius 2 is 1.80 bits per heavy atom. The van der Waals surface area contributed by atoms with Gasteiger partial charge in [-0.25, -0.2) is 4.39 Å². The summed E-state index contributed by atoms with van der Waals surface area (Å²) >= 11 is 0. The first-order chi connectivity index (χ1) is 12.1. The summed E-state index contributed by atoms with van der Waals surface area (Å²) in [5.41, 5.74) is 8.90. The van der Waals surface area contributed by atoms with Gasteiger partial charge in [-0.05, 0) is 29.2 Å². The van der Waals surface area contributed by atoms with Crippen LogP contribution in [0.1, 0.15) is 28.7 Å². The van der Waals surface area contributed by atoms with Gasteiger partial charge in [0.15, 0.2) is 6.10 Å². The lowest BCUT2D eigenvalue weighted by Gasteiger charge is -2.28. The molecule has 2 aliphatic heterocycles. The van der Waals surface area contributed by atoms with Crippen molar-refractivity contribution in [3.63, 3.8) is 0 Å². The normalized spacial score (nSPS) is 25.7. The van der Waals surface area contributed by atoms with Gasteiger partial charge in [-0.15, -0.1) is 0 Å². The fourth-order valence-corrected chi connectivity index (χ4v) is 3.88. The van der Waals surface area contributed by atoms with Crippen molar-refractivity contribution < 1.29 is 13.9 Å². The number of rotatable bonds is 2. The average Bonchev–Trinajstić information content (AvgIpc) is 3.02. The summed E-state index contributed by atoms with van der Waals surface area (Å²) in [5.74, 6) is -0.540. The predicted molar refractivity (Wildman–Crippen MR) is 92.5 cm³/mol. The third-order valence-corrected chi connectivity index (χ3v) is 5.20. The van der Waals surface area contributed by atoms with Crippen LogP contribution in [0.4, 0.5) is 4.39 Å². The molecule has 2 aromatic rings. The van der Waals surface area contributed by atoms with Crippen molar-refractivity contribution in [3.05, 3.63) is 71.0 Å². The molecular formula is C20H21FN2O2. The Kier molecular flexibility index (Phi) is 4.27. The van der Waals surface area contributed by atoms with E-state index >= 15 is 0 Å². The average molecular weight is 340 g/mol. The summed E-state index contributed by atoms with van der Waals surface area (Å²) < 4.78 is 19.9. The summed E-state index contributed by atoms with van der Waals surface area (Å²) in [5, 5.41) is 0. The second-order valence-corrected chi connectivity index (χ2v) is 6.73. The number of carbonyl (C=O) groups excluding carboxylic acids is 1. The third kappa shape index (κ3) is 2.94. The predicted octanol–water partition coefficient (Wildman–Crippen LogP) is 2.39. The summed E-state index contributed by atoms with van der Waals surface area (Å²) in [6.07, 6.45) is 0.230. The highest BCUT2D eigenvalue weighted by molar-refractivity contribution is 5.83. The number of halogens is 1. The van der Waals surface area contributed by atoms with Gasteiger partial charge in [0.1, 0.15) is 5.82 Å². The minimum absolute atomic E-state index is 0.0820. The van der Waals surface area contributed by atoms with E-state index in [9.17, 15) is 9.18 Å². The molecule has 2 aliphatic rings. The molecule has 0 saturated carbocycles. The number of nitrogens with zero attached hydrogens (tertiary/aromatic N) is 1. The SMILES string of the molecule is N[C@@H]1CN(C(=O)C2OCCc3ccccc32)C[C@H]1c1ccccc1F. The zero-order valence-electron chi connectivity index (χ0n) is 13.9. The van der Waals surface area contributed by atoms with Crippen molar-refractivity contribution in [2.45, 2.75) is 24.5 Å². The first-order valence-corrected chi connectivity index (χ1v) is 8.63. The van der Waals surface area contributed by atoms with E-state index in [1.165, 1.54) is 6.07 Å². The fraction of sp³-hybridized carbons (Fsp3) is 0.350. The minimum Gasteiger partial charge on any atom is -0.363 e. The second-order valence-electron chi connectivity index (χ2n) is 6.73. The largest absolute Gasteiger partial charge is 0.363 e. The van der Waals surface area contributed by atoms with Gasteiger partial charge in [0.05, 0.1) is 6.61 Å². The molecule has 2 N–H and O–H groups in total. The first kappa shape index (κ1) is 16.2. The molecule has 1 unspecified atom stereocenters. The van der Waals surface area contributed by atoms with Crippen LogP contribution in [0, 0.1) is 5.82 Å². The highest BCUT2D eigenvalue weighted by atomic mass is 19.1. The van der Waals surface area contributed by atoms with Crippen molar-refractivity contribution in [1.82, 2.24) is 4.90 Å². The van der Waals surface area contributed by atoms with Crippen molar-refractivity contribution >= 4 is 5.91 Å². The molecule has 0 radical (unpaired) electrons. The molecule has 5 heteroatoms. The fourth-order valence-electron chi connectivity index (χ4n) is 3.88. The Labute approximate surface area is 146 Å². The number of hydrogen-bond acceptors (Lipinski definition) is 3. The van der Waals surface area contributed by atoms with Crippen molar-refractivity contribution in [1.29, 1.82) is 0 Å². The Balaban J connectivity index is 1.56. The molecule has 4 rings (SSSR count). The minimum atomic E-state index is -0.587. The number of carbonyl (C=O) groups is 1. The highest BCUT2D eigenvalue weighted by Crippen LogP contribution is 2.33. The number of hydrogen-bond donors (Lipinski definition) is 1. The molecule has 0 bridgehead atoms. The first-order valence-electron chi connectivity index (χ1n) is 8.63. The van der Waals surface area contributed by atoms with Crippen LogP contribution in [0.3, 0.4) is 0 Å². The van der Waals surface area contributed by atoms with E-state index in [-0.39, 0.29) is 23.7 Å². The zero-order valence-corrected chi connectivity index (χ0v) is 13.9. The van der Waals surface area contributed by atoms with Gasteiger partial charge in [-0.2, -0.15) is 0 Å². The Morgan fingerprint density at radius 3 is 2.60 bits per heavy atom. The Morgan fingerprint density at radius 1 is 1.08 bits per heavy atom. The van der Waals surface area contributed by atoms with Crippen LogP contribution >= 0.6 is 0 Å². The Bertz CT molecular complexity index is 795. The standard InChI is InChI=1S/C20H21FN2O2/c21-17-8-4-3-7-15(17)16-11-23(12-18(16)22)20(24)19-14-6-2-1-5-13(14)9-10-25-19/h1-8,16,18-19H,9-12,22H2/t16-,18+,19?/m0/s1. The van der Waals surface area contributed by atoms with Gasteiger partial charge in [-0.3, -0.25) is 4.79 Å². The molecular weight excluding hydrogens is 319 g/mol.